The molecule has 0 atom stereocenters. The van der Waals surface area contributed by atoms with Crippen molar-refractivity contribution in [2.24, 2.45) is 0 Å². The van der Waals surface area contributed by atoms with Gasteiger partial charge < -0.3 is 14.2 Å². The quantitative estimate of drug-likeness (QED) is 0.708. The van der Waals surface area contributed by atoms with Crippen molar-refractivity contribution in [3.8, 4) is 28.5 Å². The highest BCUT2D eigenvalue weighted by Crippen LogP contribution is 2.41. The minimum absolute atomic E-state index is 0.637. The summed E-state index contributed by atoms with van der Waals surface area (Å²) in [7, 11) is 4.91. The molecule has 0 radical (unpaired) electrons. The predicted octanol–water partition coefficient (Wildman–Crippen LogP) is 3.66. The number of nitrogens with zero attached hydrogens (tertiary/aromatic N) is 2. The first-order valence-electron chi connectivity index (χ1n) is 9.36. The van der Waals surface area contributed by atoms with Gasteiger partial charge in [-0.3, -0.25) is 10.00 Å². The van der Waals surface area contributed by atoms with Gasteiger partial charge in [-0.15, -0.1) is 0 Å². The summed E-state index contributed by atoms with van der Waals surface area (Å²) in [5, 5.41) is 7.84. The second kappa shape index (κ2) is 7.94. The topological polar surface area (TPSA) is 59.6 Å². The molecule has 0 aliphatic carbocycles. The number of hydrogen-bond acceptors (Lipinski definition) is 5. The largest absolute Gasteiger partial charge is 0.496 e. The Balaban J connectivity index is 1.68. The molecule has 0 fully saturated rings. The molecule has 6 nitrogen and oxygen atoms in total. The standard InChI is InChI=1S/C22H25N3O3/c1-26-19-12-21(28-3)20(27-2)11-16(19)22-17-14-25(10-9-18(17)23-24-22)13-15-7-5-4-6-8-15/h4-8,11-12H,9-10,13-14H2,1-3H3,(H,23,24). The third-order valence-electron chi connectivity index (χ3n) is 5.22. The lowest BCUT2D eigenvalue weighted by molar-refractivity contribution is 0.245. The van der Waals surface area contributed by atoms with Gasteiger partial charge in [0, 0.05) is 48.9 Å². The van der Waals surface area contributed by atoms with E-state index >= 15 is 0 Å². The monoisotopic (exact) mass is 379 g/mol. The van der Waals surface area contributed by atoms with Crippen molar-refractivity contribution in [1.29, 1.82) is 0 Å². The number of nitrogens with one attached hydrogen (secondary N) is 1. The minimum atomic E-state index is 0.637. The van der Waals surface area contributed by atoms with Crippen LogP contribution in [-0.4, -0.2) is 43.0 Å². The number of aromatic nitrogens is 2. The molecule has 2 aromatic carbocycles. The van der Waals surface area contributed by atoms with Crippen LogP contribution in [0.25, 0.3) is 11.3 Å². The maximum Gasteiger partial charge on any atom is 0.164 e. The fourth-order valence-corrected chi connectivity index (χ4v) is 3.76. The van der Waals surface area contributed by atoms with Gasteiger partial charge in [0.15, 0.2) is 11.5 Å². The molecule has 1 N–H and O–H groups in total. The molecule has 1 aliphatic rings. The summed E-state index contributed by atoms with van der Waals surface area (Å²) in [5.74, 6) is 2.01. The molecule has 0 saturated carbocycles. The summed E-state index contributed by atoms with van der Waals surface area (Å²) in [6.07, 6.45) is 0.949. The van der Waals surface area contributed by atoms with E-state index in [1.807, 2.05) is 12.1 Å². The van der Waals surface area contributed by atoms with Crippen LogP contribution in [0.5, 0.6) is 17.2 Å². The zero-order valence-corrected chi connectivity index (χ0v) is 16.5. The van der Waals surface area contributed by atoms with Crippen LogP contribution in [0.4, 0.5) is 0 Å². The third-order valence-corrected chi connectivity index (χ3v) is 5.22. The number of ether oxygens (including phenoxy) is 3. The number of methoxy groups -OCH3 is 3. The Morgan fingerprint density at radius 1 is 0.964 bits per heavy atom. The molecule has 0 amide bonds. The Morgan fingerprint density at radius 2 is 1.68 bits per heavy atom. The van der Waals surface area contributed by atoms with Crippen LogP contribution in [0.1, 0.15) is 16.8 Å². The van der Waals surface area contributed by atoms with Crippen LogP contribution in [0.15, 0.2) is 42.5 Å². The van der Waals surface area contributed by atoms with Gasteiger partial charge in [0.1, 0.15) is 11.4 Å². The first-order chi connectivity index (χ1) is 13.7. The number of benzene rings is 2. The zero-order chi connectivity index (χ0) is 19.5. The number of aromatic amines is 1. The van der Waals surface area contributed by atoms with E-state index in [2.05, 4.69) is 45.4 Å². The Hall–Kier alpha value is -2.99. The number of rotatable bonds is 6. The Bertz CT molecular complexity index is 953. The fourth-order valence-electron chi connectivity index (χ4n) is 3.76. The maximum atomic E-state index is 5.62. The van der Waals surface area contributed by atoms with Gasteiger partial charge in [0.05, 0.1) is 21.3 Å². The third kappa shape index (κ3) is 3.43. The average Bonchev–Trinajstić information content (AvgIpc) is 3.16. The second-order valence-electron chi connectivity index (χ2n) is 6.88. The van der Waals surface area contributed by atoms with Crippen molar-refractivity contribution >= 4 is 0 Å². The highest BCUT2D eigenvalue weighted by Gasteiger charge is 2.25. The summed E-state index contributed by atoms with van der Waals surface area (Å²) in [6.45, 7) is 2.77. The zero-order valence-electron chi connectivity index (χ0n) is 16.5. The van der Waals surface area contributed by atoms with Gasteiger partial charge in [-0.1, -0.05) is 30.3 Å². The molecule has 28 heavy (non-hydrogen) atoms. The van der Waals surface area contributed by atoms with E-state index in [0.29, 0.717) is 17.2 Å². The average molecular weight is 379 g/mol. The van der Waals surface area contributed by atoms with Crippen LogP contribution < -0.4 is 14.2 Å². The Labute approximate surface area is 165 Å². The lowest BCUT2D eigenvalue weighted by Gasteiger charge is -2.27. The van der Waals surface area contributed by atoms with E-state index in [1.165, 1.54) is 16.8 Å². The molecule has 146 valence electrons. The van der Waals surface area contributed by atoms with Gasteiger partial charge in [-0.2, -0.15) is 5.10 Å². The van der Waals surface area contributed by atoms with Crippen molar-refractivity contribution in [3.05, 3.63) is 59.3 Å². The number of hydrogen-bond donors (Lipinski definition) is 1. The van der Waals surface area contributed by atoms with Crippen molar-refractivity contribution in [2.45, 2.75) is 19.5 Å². The molecule has 1 aliphatic heterocycles. The SMILES string of the molecule is COc1cc(OC)c(-c2n[nH]c3c2CN(Cc2ccccc2)CC3)cc1OC. The molecular formula is C22H25N3O3. The first-order valence-corrected chi connectivity index (χ1v) is 9.36. The van der Waals surface area contributed by atoms with E-state index in [9.17, 15) is 0 Å². The van der Waals surface area contributed by atoms with Crippen LogP contribution in [0.2, 0.25) is 0 Å². The van der Waals surface area contributed by atoms with Crippen molar-refractivity contribution in [1.82, 2.24) is 15.1 Å². The molecule has 0 spiro atoms. The molecule has 2 heterocycles. The summed E-state index contributed by atoms with van der Waals surface area (Å²) < 4.78 is 16.5. The maximum absolute atomic E-state index is 5.62. The van der Waals surface area contributed by atoms with Crippen molar-refractivity contribution in [3.63, 3.8) is 0 Å². The molecule has 4 rings (SSSR count). The number of fused-ring (bicyclic) bond motifs is 1. The van der Waals surface area contributed by atoms with Gasteiger partial charge in [-0.25, -0.2) is 0 Å². The second-order valence-corrected chi connectivity index (χ2v) is 6.88. The summed E-state index contributed by atoms with van der Waals surface area (Å²) in [6, 6.07) is 14.3. The summed E-state index contributed by atoms with van der Waals surface area (Å²) in [5.41, 5.74) is 5.54. The van der Waals surface area contributed by atoms with Crippen LogP contribution in [0.3, 0.4) is 0 Å². The van der Waals surface area contributed by atoms with Gasteiger partial charge in [-0.05, 0) is 11.6 Å². The van der Waals surface area contributed by atoms with Crippen LogP contribution in [0, 0.1) is 0 Å². The Morgan fingerprint density at radius 3 is 2.39 bits per heavy atom. The number of H-pyrrole nitrogens is 1. The van der Waals surface area contributed by atoms with Gasteiger partial charge in [0.25, 0.3) is 0 Å². The van der Waals surface area contributed by atoms with E-state index in [-0.39, 0.29) is 0 Å². The molecule has 1 aromatic heterocycles. The van der Waals surface area contributed by atoms with Crippen molar-refractivity contribution in [2.75, 3.05) is 27.9 Å². The van der Waals surface area contributed by atoms with E-state index in [4.69, 9.17) is 14.2 Å². The van der Waals surface area contributed by atoms with E-state index in [1.54, 1.807) is 21.3 Å². The molecule has 0 bridgehead atoms. The smallest absolute Gasteiger partial charge is 0.164 e. The summed E-state index contributed by atoms with van der Waals surface area (Å²) in [4.78, 5) is 2.45. The lowest BCUT2D eigenvalue weighted by atomic mass is 9.99. The fraction of sp³-hybridized carbons (Fsp3) is 0.318. The lowest BCUT2D eigenvalue weighted by Crippen LogP contribution is -2.30. The van der Waals surface area contributed by atoms with Crippen LogP contribution in [-0.2, 0) is 19.5 Å². The highest BCUT2D eigenvalue weighted by molar-refractivity contribution is 5.74. The van der Waals surface area contributed by atoms with Crippen molar-refractivity contribution < 1.29 is 14.2 Å². The molecule has 3 aromatic rings. The highest BCUT2D eigenvalue weighted by atomic mass is 16.5. The Kier molecular flexibility index (Phi) is 5.21. The molecule has 0 saturated heterocycles. The van der Waals surface area contributed by atoms with Crippen LogP contribution >= 0.6 is 0 Å². The van der Waals surface area contributed by atoms with Gasteiger partial charge >= 0.3 is 0 Å². The first kappa shape index (κ1) is 18.4. The summed E-state index contributed by atoms with van der Waals surface area (Å²) >= 11 is 0. The normalized spacial score (nSPS) is 13.8. The molecular weight excluding hydrogens is 354 g/mol. The van der Waals surface area contributed by atoms with Gasteiger partial charge in [0.2, 0.25) is 0 Å². The van der Waals surface area contributed by atoms with E-state index < -0.39 is 0 Å². The molecule has 0 unspecified atom stereocenters. The predicted molar refractivity (Wildman–Crippen MR) is 108 cm³/mol. The molecule has 6 heteroatoms. The van der Waals surface area contributed by atoms with E-state index in [0.717, 1.165) is 37.3 Å². The minimum Gasteiger partial charge on any atom is -0.496 e.